The number of nitrogens with zero attached hydrogens (tertiary/aromatic N) is 2. The van der Waals surface area contributed by atoms with Crippen LogP contribution in [0.15, 0.2) is 59.5 Å². The Balaban J connectivity index is 1.69. The highest BCUT2D eigenvalue weighted by atomic mass is 35.5. The quantitative estimate of drug-likeness (QED) is 0.517. The third-order valence-electron chi connectivity index (χ3n) is 4.73. The molecule has 11 heteroatoms. The Labute approximate surface area is 200 Å². The number of aromatic nitrogens is 1. The van der Waals surface area contributed by atoms with E-state index < -0.39 is 16.1 Å². The fraction of sp³-hybridized carbons (Fsp3) is 0.190. The lowest BCUT2D eigenvalue weighted by molar-refractivity contribution is 0.115. The maximum atomic E-state index is 13.4. The van der Waals surface area contributed by atoms with Crippen molar-refractivity contribution in [2.24, 2.45) is 0 Å². The van der Waals surface area contributed by atoms with Crippen molar-refractivity contribution in [3.63, 3.8) is 0 Å². The van der Waals surface area contributed by atoms with Gasteiger partial charge < -0.3 is 14.6 Å². The van der Waals surface area contributed by atoms with E-state index in [4.69, 9.17) is 44.3 Å². The summed E-state index contributed by atoms with van der Waals surface area (Å²) in [5, 5.41) is 10.8. The number of benzene rings is 2. The van der Waals surface area contributed by atoms with Gasteiger partial charge >= 0.3 is 0 Å². The summed E-state index contributed by atoms with van der Waals surface area (Å²) in [6.07, 6.45) is -0.757. The Kier molecular flexibility index (Phi) is 6.69. The Morgan fingerprint density at radius 3 is 2.50 bits per heavy atom. The largest absolute Gasteiger partial charge is 0.482 e. The normalized spacial score (nSPS) is 15.8. The topological polar surface area (TPSA) is 89.0 Å². The summed E-state index contributed by atoms with van der Waals surface area (Å²) in [6.45, 7) is -0.471. The number of fused-ring (bicyclic) bond motifs is 1. The molecule has 4 rings (SSSR count). The molecule has 1 aromatic heterocycles. The van der Waals surface area contributed by atoms with Crippen LogP contribution in [0.5, 0.6) is 11.6 Å². The predicted molar refractivity (Wildman–Crippen MR) is 123 cm³/mol. The standard InChI is InChI=1S/C21H17Cl3N2O5S/c22-13-3-1-4-15(9-13)32(28,29)26-10-14(11-27)31-19-7-8-20(25-21(19)26)30-12-16-17(23)5-2-6-18(16)24/h1-9,14,27H,10-12H2. The van der Waals surface area contributed by atoms with Crippen LogP contribution in [0.3, 0.4) is 0 Å². The average Bonchev–Trinajstić information content (AvgIpc) is 2.78. The van der Waals surface area contributed by atoms with Gasteiger partial charge in [-0.05, 0) is 36.4 Å². The molecule has 0 radical (unpaired) electrons. The molecule has 32 heavy (non-hydrogen) atoms. The van der Waals surface area contributed by atoms with Gasteiger partial charge in [-0.1, -0.05) is 46.9 Å². The molecule has 2 aromatic carbocycles. The number of aliphatic hydroxyl groups excluding tert-OH is 1. The summed E-state index contributed by atoms with van der Waals surface area (Å²) in [5.41, 5.74) is 0.579. The van der Waals surface area contributed by atoms with Crippen LogP contribution < -0.4 is 13.8 Å². The molecule has 0 amide bonds. The first-order valence-electron chi connectivity index (χ1n) is 9.42. The molecule has 1 unspecified atom stereocenters. The second kappa shape index (κ2) is 9.33. The van der Waals surface area contributed by atoms with E-state index >= 15 is 0 Å². The first-order valence-corrected chi connectivity index (χ1v) is 12.0. The third kappa shape index (κ3) is 4.60. The van der Waals surface area contributed by atoms with Crippen LogP contribution in [0, 0.1) is 0 Å². The molecule has 1 N–H and O–H groups in total. The number of halogens is 3. The second-order valence-corrected chi connectivity index (χ2v) is 9.99. The van der Waals surface area contributed by atoms with Crippen LogP contribution in [0.4, 0.5) is 5.82 Å². The Morgan fingerprint density at radius 2 is 1.81 bits per heavy atom. The monoisotopic (exact) mass is 514 g/mol. The summed E-state index contributed by atoms with van der Waals surface area (Å²) in [5.74, 6) is 0.388. The minimum absolute atomic E-state index is 0.00879. The van der Waals surface area contributed by atoms with Crippen LogP contribution in [0.1, 0.15) is 5.56 Å². The second-order valence-electron chi connectivity index (χ2n) is 6.88. The fourth-order valence-electron chi connectivity index (χ4n) is 3.14. The van der Waals surface area contributed by atoms with Crippen molar-refractivity contribution < 1.29 is 23.0 Å². The Hall–Kier alpha value is -2.23. The first-order chi connectivity index (χ1) is 15.3. The van der Waals surface area contributed by atoms with Crippen molar-refractivity contribution in [1.82, 2.24) is 4.98 Å². The maximum Gasteiger partial charge on any atom is 0.265 e. The van der Waals surface area contributed by atoms with Crippen molar-refractivity contribution >= 4 is 50.6 Å². The summed E-state index contributed by atoms with van der Waals surface area (Å²) in [4.78, 5) is 4.34. The van der Waals surface area contributed by atoms with Gasteiger partial charge in [0, 0.05) is 26.7 Å². The molecule has 0 bridgehead atoms. The molecule has 1 aliphatic heterocycles. The van der Waals surface area contributed by atoms with Gasteiger partial charge in [-0.3, -0.25) is 0 Å². The van der Waals surface area contributed by atoms with Crippen molar-refractivity contribution in [2.75, 3.05) is 17.5 Å². The van der Waals surface area contributed by atoms with E-state index in [-0.39, 0.29) is 47.1 Å². The molecule has 1 aliphatic rings. The van der Waals surface area contributed by atoms with Gasteiger partial charge in [0.15, 0.2) is 11.6 Å². The molecule has 2 heterocycles. The highest BCUT2D eigenvalue weighted by Crippen LogP contribution is 2.37. The number of hydrogen-bond acceptors (Lipinski definition) is 6. The summed E-state index contributed by atoms with van der Waals surface area (Å²) in [7, 11) is -4.04. The van der Waals surface area contributed by atoms with Crippen LogP contribution in [0.2, 0.25) is 15.1 Å². The van der Waals surface area contributed by atoms with Crippen molar-refractivity contribution in [1.29, 1.82) is 0 Å². The Morgan fingerprint density at radius 1 is 1.09 bits per heavy atom. The highest BCUT2D eigenvalue weighted by Gasteiger charge is 2.36. The maximum absolute atomic E-state index is 13.4. The number of rotatable bonds is 6. The summed E-state index contributed by atoms with van der Waals surface area (Å²) >= 11 is 18.4. The molecule has 0 spiro atoms. The highest BCUT2D eigenvalue weighted by molar-refractivity contribution is 7.92. The molecule has 168 valence electrons. The minimum atomic E-state index is -4.04. The predicted octanol–water partition coefficient (Wildman–Crippen LogP) is 4.57. The van der Waals surface area contributed by atoms with E-state index in [0.717, 1.165) is 4.31 Å². The van der Waals surface area contributed by atoms with Crippen molar-refractivity contribution in [2.45, 2.75) is 17.6 Å². The van der Waals surface area contributed by atoms with Gasteiger partial charge in [-0.25, -0.2) is 12.7 Å². The minimum Gasteiger partial charge on any atom is -0.482 e. The zero-order valence-electron chi connectivity index (χ0n) is 16.4. The molecule has 3 aromatic rings. The zero-order chi connectivity index (χ0) is 22.9. The van der Waals surface area contributed by atoms with Gasteiger partial charge in [0.25, 0.3) is 10.0 Å². The van der Waals surface area contributed by atoms with E-state index in [2.05, 4.69) is 4.98 Å². The summed E-state index contributed by atoms with van der Waals surface area (Å²) < 4.78 is 39.2. The molecule has 0 saturated heterocycles. The van der Waals surface area contributed by atoms with E-state index in [0.29, 0.717) is 15.6 Å². The smallest absolute Gasteiger partial charge is 0.265 e. The molecule has 0 aliphatic carbocycles. The zero-order valence-corrected chi connectivity index (χ0v) is 19.5. The van der Waals surface area contributed by atoms with Crippen LogP contribution in [-0.4, -0.2) is 37.8 Å². The van der Waals surface area contributed by atoms with Crippen LogP contribution >= 0.6 is 34.8 Å². The average molecular weight is 516 g/mol. The van der Waals surface area contributed by atoms with E-state index in [1.165, 1.54) is 24.3 Å². The number of hydrogen-bond donors (Lipinski definition) is 1. The first kappa shape index (κ1) is 22.9. The number of aliphatic hydroxyl groups is 1. The van der Waals surface area contributed by atoms with Gasteiger partial charge in [-0.2, -0.15) is 4.98 Å². The van der Waals surface area contributed by atoms with Gasteiger partial charge in [-0.15, -0.1) is 0 Å². The number of ether oxygens (including phenoxy) is 2. The van der Waals surface area contributed by atoms with E-state index in [1.54, 1.807) is 30.3 Å². The van der Waals surface area contributed by atoms with Gasteiger partial charge in [0.05, 0.1) is 18.0 Å². The van der Waals surface area contributed by atoms with Crippen LogP contribution in [-0.2, 0) is 16.6 Å². The fourth-order valence-corrected chi connectivity index (χ4v) is 5.40. The third-order valence-corrected chi connectivity index (χ3v) is 7.42. The van der Waals surface area contributed by atoms with Crippen LogP contribution in [0.25, 0.3) is 0 Å². The number of sulfonamides is 1. The molecular formula is C21H17Cl3N2O5S. The van der Waals surface area contributed by atoms with Crippen molar-refractivity contribution in [3.05, 3.63) is 75.2 Å². The lowest BCUT2D eigenvalue weighted by atomic mass is 10.2. The lowest BCUT2D eigenvalue weighted by Crippen LogP contribution is -2.45. The van der Waals surface area contributed by atoms with Crippen molar-refractivity contribution in [3.8, 4) is 11.6 Å². The Bertz CT molecular complexity index is 1240. The van der Waals surface area contributed by atoms with Gasteiger partial charge in [0.1, 0.15) is 12.7 Å². The molecule has 1 atom stereocenters. The van der Waals surface area contributed by atoms with Gasteiger partial charge in [0.2, 0.25) is 5.88 Å². The molecule has 0 saturated carbocycles. The summed E-state index contributed by atoms with van der Waals surface area (Å²) in [6, 6.07) is 14.1. The van der Waals surface area contributed by atoms with E-state index in [9.17, 15) is 13.5 Å². The molecule has 0 fully saturated rings. The molecule has 7 nitrogen and oxygen atoms in total. The number of anilines is 1. The lowest BCUT2D eigenvalue weighted by Gasteiger charge is -2.33. The van der Waals surface area contributed by atoms with E-state index in [1.807, 2.05) is 0 Å². The number of pyridine rings is 1. The molecular weight excluding hydrogens is 499 g/mol. The SMILES string of the molecule is O=S(=O)(c1cccc(Cl)c1)N1CC(CO)Oc2ccc(OCc3c(Cl)cccc3Cl)nc21.